The molecule has 0 atom stereocenters. The molecule has 0 aliphatic rings. The summed E-state index contributed by atoms with van der Waals surface area (Å²) < 4.78 is 0. The molecule has 146 valence electrons. The van der Waals surface area contributed by atoms with Gasteiger partial charge in [0.25, 0.3) is 5.91 Å². The number of carbonyl (C=O) groups excluding carboxylic acids is 3. The van der Waals surface area contributed by atoms with Gasteiger partial charge in [0.1, 0.15) is 5.82 Å². The van der Waals surface area contributed by atoms with Crippen LogP contribution in [-0.4, -0.2) is 22.6 Å². The fourth-order valence-corrected chi connectivity index (χ4v) is 2.65. The highest BCUT2D eigenvalue weighted by Gasteiger charge is 2.09. The number of Topliss-reactive ketones (excluding diaryl/α,β-unsaturated/α-hetero) is 1. The van der Waals surface area contributed by atoms with Crippen LogP contribution in [0.2, 0.25) is 0 Å². The molecule has 2 amide bonds. The van der Waals surface area contributed by atoms with Gasteiger partial charge in [0.05, 0.1) is 0 Å². The monoisotopic (exact) mass is 388 g/mol. The van der Waals surface area contributed by atoms with Crippen molar-refractivity contribution in [3.63, 3.8) is 0 Å². The van der Waals surface area contributed by atoms with E-state index in [1.54, 1.807) is 54.6 Å². The molecule has 0 saturated carbocycles. The van der Waals surface area contributed by atoms with Crippen LogP contribution in [0, 0.1) is 0 Å². The molecule has 0 radical (unpaired) electrons. The summed E-state index contributed by atoms with van der Waals surface area (Å²) in [5.74, 6) is 0.00581. The highest BCUT2D eigenvalue weighted by molar-refractivity contribution is 6.05. The SMILES string of the molecule is CC(=O)Nc1ccc(NC(=O)c2ccnc(Nc3cccc(C(C)=O)c3)c2)cc1. The molecule has 29 heavy (non-hydrogen) atoms. The molecule has 0 aliphatic heterocycles. The number of nitrogens with one attached hydrogen (secondary N) is 3. The van der Waals surface area contributed by atoms with E-state index in [0.29, 0.717) is 34.0 Å². The number of ketones is 1. The molecule has 0 spiro atoms. The van der Waals surface area contributed by atoms with E-state index in [1.165, 1.54) is 20.0 Å². The summed E-state index contributed by atoms with van der Waals surface area (Å²) in [6, 6.07) is 17.1. The van der Waals surface area contributed by atoms with E-state index in [4.69, 9.17) is 0 Å². The Bertz CT molecular complexity index is 1060. The van der Waals surface area contributed by atoms with Crippen LogP contribution in [0.15, 0.2) is 66.9 Å². The van der Waals surface area contributed by atoms with Crippen molar-refractivity contribution in [2.75, 3.05) is 16.0 Å². The van der Waals surface area contributed by atoms with Crippen molar-refractivity contribution in [1.82, 2.24) is 4.98 Å². The fraction of sp³-hybridized carbons (Fsp3) is 0.0909. The van der Waals surface area contributed by atoms with Gasteiger partial charge in [0.15, 0.2) is 5.78 Å². The Hall–Kier alpha value is -4.00. The Balaban J connectivity index is 1.70. The number of pyridine rings is 1. The number of benzene rings is 2. The van der Waals surface area contributed by atoms with Crippen molar-refractivity contribution >= 4 is 40.5 Å². The minimum absolute atomic E-state index is 0.0285. The molecular formula is C22H20N4O3. The number of anilines is 4. The van der Waals surface area contributed by atoms with Crippen molar-refractivity contribution in [2.24, 2.45) is 0 Å². The van der Waals surface area contributed by atoms with Gasteiger partial charge in [-0.3, -0.25) is 14.4 Å². The number of rotatable bonds is 6. The van der Waals surface area contributed by atoms with Gasteiger partial charge in [-0.25, -0.2) is 4.98 Å². The van der Waals surface area contributed by atoms with E-state index < -0.39 is 0 Å². The molecule has 1 aromatic heterocycles. The normalized spacial score (nSPS) is 10.1. The van der Waals surface area contributed by atoms with Crippen molar-refractivity contribution in [2.45, 2.75) is 13.8 Å². The van der Waals surface area contributed by atoms with E-state index in [2.05, 4.69) is 20.9 Å². The molecule has 0 fully saturated rings. The Labute approximate surface area is 168 Å². The predicted octanol–water partition coefficient (Wildman–Crippen LogP) is 4.24. The Kier molecular flexibility index (Phi) is 5.99. The van der Waals surface area contributed by atoms with Crippen LogP contribution < -0.4 is 16.0 Å². The second-order valence-electron chi connectivity index (χ2n) is 6.40. The van der Waals surface area contributed by atoms with Gasteiger partial charge in [0.2, 0.25) is 5.91 Å². The van der Waals surface area contributed by atoms with E-state index in [1.807, 2.05) is 6.07 Å². The first kappa shape index (κ1) is 19.8. The maximum atomic E-state index is 12.5. The zero-order valence-electron chi connectivity index (χ0n) is 16.0. The first-order valence-electron chi connectivity index (χ1n) is 8.94. The van der Waals surface area contributed by atoms with Crippen LogP contribution in [-0.2, 0) is 4.79 Å². The van der Waals surface area contributed by atoms with Gasteiger partial charge in [0, 0.05) is 41.3 Å². The van der Waals surface area contributed by atoms with Crippen molar-refractivity contribution < 1.29 is 14.4 Å². The van der Waals surface area contributed by atoms with Crippen molar-refractivity contribution in [3.05, 3.63) is 78.0 Å². The summed E-state index contributed by atoms with van der Waals surface area (Å²) >= 11 is 0. The Morgan fingerprint density at radius 1 is 0.759 bits per heavy atom. The Morgan fingerprint density at radius 3 is 2.10 bits per heavy atom. The fourth-order valence-electron chi connectivity index (χ4n) is 2.65. The van der Waals surface area contributed by atoms with E-state index in [9.17, 15) is 14.4 Å². The third-order valence-corrected chi connectivity index (χ3v) is 4.03. The van der Waals surface area contributed by atoms with Gasteiger partial charge >= 0.3 is 0 Å². The average Bonchev–Trinajstić information content (AvgIpc) is 2.69. The summed E-state index contributed by atoms with van der Waals surface area (Å²) in [6.45, 7) is 2.94. The average molecular weight is 388 g/mol. The second-order valence-corrected chi connectivity index (χ2v) is 6.40. The van der Waals surface area contributed by atoms with Crippen LogP contribution in [0.3, 0.4) is 0 Å². The first-order valence-corrected chi connectivity index (χ1v) is 8.94. The second kappa shape index (κ2) is 8.79. The molecule has 3 rings (SSSR count). The van der Waals surface area contributed by atoms with Crippen LogP contribution in [0.25, 0.3) is 0 Å². The molecule has 3 N–H and O–H groups in total. The number of hydrogen-bond donors (Lipinski definition) is 3. The van der Waals surface area contributed by atoms with Gasteiger partial charge in [-0.15, -0.1) is 0 Å². The summed E-state index contributed by atoms with van der Waals surface area (Å²) in [4.78, 5) is 39.4. The van der Waals surface area contributed by atoms with E-state index in [-0.39, 0.29) is 17.6 Å². The van der Waals surface area contributed by atoms with Crippen molar-refractivity contribution in [1.29, 1.82) is 0 Å². The maximum absolute atomic E-state index is 12.5. The highest BCUT2D eigenvalue weighted by atomic mass is 16.2. The number of carbonyl (C=O) groups is 3. The minimum atomic E-state index is -0.291. The van der Waals surface area contributed by atoms with Gasteiger partial charge in [-0.05, 0) is 55.5 Å². The van der Waals surface area contributed by atoms with E-state index >= 15 is 0 Å². The number of amides is 2. The van der Waals surface area contributed by atoms with Gasteiger partial charge in [-0.1, -0.05) is 12.1 Å². The number of hydrogen-bond acceptors (Lipinski definition) is 5. The first-order chi connectivity index (χ1) is 13.9. The van der Waals surface area contributed by atoms with Crippen LogP contribution in [0.1, 0.15) is 34.6 Å². The largest absolute Gasteiger partial charge is 0.340 e. The van der Waals surface area contributed by atoms with Crippen LogP contribution in [0.4, 0.5) is 22.9 Å². The third-order valence-electron chi connectivity index (χ3n) is 4.03. The van der Waals surface area contributed by atoms with Crippen LogP contribution in [0.5, 0.6) is 0 Å². The predicted molar refractivity (Wildman–Crippen MR) is 113 cm³/mol. The molecule has 0 unspecified atom stereocenters. The molecule has 7 heteroatoms. The maximum Gasteiger partial charge on any atom is 0.255 e. The van der Waals surface area contributed by atoms with Crippen LogP contribution >= 0.6 is 0 Å². The summed E-state index contributed by atoms with van der Waals surface area (Å²) in [7, 11) is 0. The van der Waals surface area contributed by atoms with Gasteiger partial charge in [-0.2, -0.15) is 0 Å². The smallest absolute Gasteiger partial charge is 0.255 e. The molecule has 2 aromatic carbocycles. The molecule has 0 bridgehead atoms. The zero-order valence-corrected chi connectivity index (χ0v) is 16.0. The lowest BCUT2D eigenvalue weighted by atomic mass is 10.1. The molecule has 1 heterocycles. The summed E-state index contributed by atoms with van der Waals surface area (Å²) in [5.41, 5.74) is 2.97. The zero-order chi connectivity index (χ0) is 20.8. The minimum Gasteiger partial charge on any atom is -0.340 e. The molecule has 3 aromatic rings. The quantitative estimate of drug-likeness (QED) is 0.549. The van der Waals surface area contributed by atoms with Gasteiger partial charge < -0.3 is 16.0 Å². The lowest BCUT2D eigenvalue weighted by Crippen LogP contribution is -2.12. The molecule has 0 aliphatic carbocycles. The van der Waals surface area contributed by atoms with Crippen molar-refractivity contribution in [3.8, 4) is 0 Å². The standard InChI is InChI=1S/C22H20N4O3/c1-14(27)16-4-3-5-20(12-16)25-21-13-17(10-11-23-21)22(29)26-19-8-6-18(7-9-19)24-15(2)28/h3-13H,1-2H3,(H,23,25)(H,24,28)(H,26,29). The Morgan fingerprint density at radius 2 is 1.45 bits per heavy atom. The highest BCUT2D eigenvalue weighted by Crippen LogP contribution is 2.19. The summed E-state index contributed by atoms with van der Waals surface area (Å²) in [5, 5.41) is 8.57. The summed E-state index contributed by atoms with van der Waals surface area (Å²) in [6.07, 6.45) is 1.53. The van der Waals surface area contributed by atoms with E-state index in [0.717, 1.165) is 0 Å². The third kappa shape index (κ3) is 5.49. The lowest BCUT2D eigenvalue weighted by Gasteiger charge is -2.10. The number of nitrogens with zero attached hydrogens (tertiary/aromatic N) is 1. The molecule has 0 saturated heterocycles. The topological polar surface area (TPSA) is 100 Å². The molecular weight excluding hydrogens is 368 g/mol. The molecule has 7 nitrogen and oxygen atoms in total. The number of aromatic nitrogens is 1. The lowest BCUT2D eigenvalue weighted by molar-refractivity contribution is -0.114.